The Balaban J connectivity index is 1.59. The van der Waals surface area contributed by atoms with Crippen molar-refractivity contribution in [1.82, 2.24) is 0 Å². The van der Waals surface area contributed by atoms with E-state index < -0.39 is 469 Å². The Labute approximate surface area is 720 Å². The van der Waals surface area contributed by atoms with Gasteiger partial charge in [0.15, 0.2) is 0 Å². The molecule has 3 atom stereocenters. The van der Waals surface area contributed by atoms with Crippen molar-refractivity contribution >= 4 is 7.32 Å². The average Bonchev–Trinajstić information content (AvgIpc) is 0.735. The Hall–Kier alpha value is -10.8. The molecule has 0 aliphatic rings. The molecule has 0 amide bonds. The van der Waals surface area contributed by atoms with Crippen LogP contribution in [0.15, 0.2) is 146 Å². The molecule has 0 N–H and O–H groups in total. The maximum atomic E-state index is 17.7. The molecule has 0 aliphatic heterocycles. The fraction of sp³-hybridized carbons (Fsp3) is 0.308. The monoisotopic (exact) mass is 2050 g/mol. The third kappa shape index (κ3) is 23.4. The van der Waals surface area contributed by atoms with Gasteiger partial charge >= 0.3 is 100.0 Å². The van der Waals surface area contributed by atoms with E-state index in [0.717, 1.165) is 0 Å². The smallest absolute Gasteiger partial charge is 0.235 e. The SMILES string of the molecule is CC(OOB(OOC(C)(c1ccc(F)c(C(F)(F)F)c1F)C(c1cc(C(F)(F)F)cc(C(F)(F)F)c1)c1cc(C(F)(F)F)cc(C(F)(F)F)c1)OOC(C)(c1ccc(F)c(C(F)(F)F)c1F)C(c1cc(C(F)(F)F)cc(C(F)(F)F)c1)c1cc(C(F)(F)F)cc(C(F)(F)F)c1)(c1ccc(F)c(C(F)(F)F)c1F)C(c1cc(C(F)(F)F)cc(C(F)(F)F)c1)c1cc(C(F)(F)F)cc(C(F)(F)F)c1. The molecule has 0 saturated heterocycles. The summed E-state index contributed by atoms with van der Waals surface area (Å²) in [7, 11) is -5.39. The van der Waals surface area contributed by atoms with Crippen molar-refractivity contribution in [2.45, 2.75) is 148 Å². The van der Waals surface area contributed by atoms with E-state index in [1.54, 1.807) is 0 Å². The van der Waals surface area contributed by atoms with E-state index in [2.05, 4.69) is 0 Å². The minimum Gasteiger partial charge on any atom is -0.235 e. The topological polar surface area (TPSA) is 55.4 Å². The number of rotatable bonds is 21. The van der Waals surface area contributed by atoms with Crippen LogP contribution in [0.3, 0.4) is 0 Å². The van der Waals surface area contributed by atoms with Crippen LogP contribution in [0, 0.1) is 34.9 Å². The van der Waals surface area contributed by atoms with E-state index in [1.807, 2.05) is 0 Å². The molecule has 744 valence electrons. The summed E-state index contributed by atoms with van der Waals surface area (Å²) in [5.41, 5.74) is -87.7. The summed E-state index contributed by atoms with van der Waals surface area (Å²) in [5.74, 6) is -34.1. The number of alkyl halides is 45. The molecule has 58 heteroatoms. The van der Waals surface area contributed by atoms with Gasteiger partial charge in [-0.1, -0.05) is 18.2 Å². The lowest BCUT2D eigenvalue weighted by Crippen LogP contribution is -2.44. The van der Waals surface area contributed by atoms with Gasteiger partial charge in [-0.05, 0) is 182 Å². The summed E-state index contributed by atoms with van der Waals surface area (Å²) in [4.78, 5) is 29.0. The molecule has 0 aromatic heterocycles. The zero-order chi connectivity index (χ0) is 104. The fourth-order valence-corrected chi connectivity index (χ4v) is 14.2. The number of benzene rings is 9. The molecule has 0 fully saturated rings. The van der Waals surface area contributed by atoms with E-state index in [-0.39, 0.29) is 0 Å². The Morgan fingerprint density at radius 3 is 0.419 bits per heavy atom. The second-order valence-electron chi connectivity index (χ2n) is 29.3. The highest BCUT2D eigenvalue weighted by molar-refractivity contribution is 6.35. The third-order valence-electron chi connectivity index (χ3n) is 19.9. The first-order valence-corrected chi connectivity index (χ1v) is 35.4. The first kappa shape index (κ1) is 109. The molecule has 0 saturated carbocycles. The summed E-state index contributed by atoms with van der Waals surface area (Å²) in [5, 5.41) is 0. The summed E-state index contributed by atoms with van der Waals surface area (Å²) in [6, 6.07) is -23.5. The minimum absolute atomic E-state index is 0.705. The van der Waals surface area contributed by atoms with Gasteiger partial charge in [0.25, 0.3) is 0 Å². The lowest BCUT2D eigenvalue weighted by molar-refractivity contribution is -0.414. The van der Waals surface area contributed by atoms with Gasteiger partial charge < -0.3 is 0 Å². The predicted molar refractivity (Wildman–Crippen MR) is 353 cm³/mol. The Kier molecular flexibility index (Phi) is 28.7. The van der Waals surface area contributed by atoms with Crippen LogP contribution in [0.2, 0.25) is 0 Å². The molecule has 0 radical (unpaired) electrons. The van der Waals surface area contributed by atoms with E-state index in [1.165, 1.54) is 0 Å². The standard InChI is InChI=1S/C78H36BF51O6/c1-61(46-4-7-49(80)55(58(46)83)76(122,123)124,52(28-10-34(64(86,87)88)22-35(11-28)65(89,90)91)29-12-36(66(92,93)94)23-37(13-29)67(95,96)97)131-134-79(135-132-62(2,47-5-8-50(81)56(59(47)84)77(125,126)127)53(30-14-38(68(98,99)100)24-39(15-30)69(101,102)103)31-16-40(70(104,105)106)25-41(17-31)71(107,108)109)136-133-63(3,48-6-9-51(82)57(60(48)85)78(128,129)130)54(32-18-42(72(110,111)112)26-43(19-32)73(113,114)115)33-20-44(74(116,117)118)27-45(21-33)75(119,120)121/h4-27,52-54H,1-3H3. The van der Waals surface area contributed by atoms with Crippen molar-refractivity contribution in [2.75, 3.05) is 0 Å². The van der Waals surface area contributed by atoms with Gasteiger partial charge in [0.1, 0.15) is 68.4 Å². The van der Waals surface area contributed by atoms with Crippen molar-refractivity contribution in [1.29, 1.82) is 0 Å². The number of hydrogen-bond acceptors (Lipinski definition) is 6. The Morgan fingerprint density at radius 1 is 0.184 bits per heavy atom. The molecule has 0 bridgehead atoms. The summed E-state index contributed by atoms with van der Waals surface area (Å²) >= 11 is 0. The highest BCUT2D eigenvalue weighted by Crippen LogP contribution is 2.59. The number of hydrogen-bond donors (Lipinski definition) is 0. The van der Waals surface area contributed by atoms with E-state index in [0.29, 0.717) is 0 Å². The van der Waals surface area contributed by atoms with Gasteiger partial charge in [0, 0.05) is 34.4 Å². The van der Waals surface area contributed by atoms with Gasteiger partial charge in [0.2, 0.25) is 0 Å². The second-order valence-corrected chi connectivity index (χ2v) is 29.3. The van der Waals surface area contributed by atoms with Crippen molar-refractivity contribution in [3.8, 4) is 0 Å². The van der Waals surface area contributed by atoms with Crippen molar-refractivity contribution < 1.29 is 253 Å². The van der Waals surface area contributed by atoms with Crippen LogP contribution in [-0.2, 0) is 139 Å². The van der Waals surface area contributed by atoms with Gasteiger partial charge in [-0.15, -0.1) is 0 Å². The quantitative estimate of drug-likeness (QED) is 0.0309. The lowest BCUT2D eigenvalue weighted by Gasteiger charge is -2.41. The van der Waals surface area contributed by atoms with Crippen molar-refractivity contribution in [3.05, 3.63) is 314 Å². The summed E-state index contributed by atoms with van der Waals surface area (Å²) in [6.45, 7) is -2.12. The molecule has 9 aromatic rings. The Morgan fingerprint density at radius 2 is 0.309 bits per heavy atom. The van der Waals surface area contributed by atoms with Crippen LogP contribution in [0.1, 0.15) is 172 Å². The molecular weight excluding hydrogens is 2010 g/mol. The largest absolute Gasteiger partial charge is 0.725 e. The first-order chi connectivity index (χ1) is 61.0. The van der Waals surface area contributed by atoms with Gasteiger partial charge in [-0.2, -0.15) is 198 Å². The van der Waals surface area contributed by atoms with Crippen LogP contribution in [0.25, 0.3) is 0 Å². The fourth-order valence-electron chi connectivity index (χ4n) is 14.2. The van der Waals surface area contributed by atoms with Crippen LogP contribution < -0.4 is 0 Å². The van der Waals surface area contributed by atoms with Crippen LogP contribution in [0.4, 0.5) is 224 Å². The van der Waals surface area contributed by atoms with Crippen LogP contribution >= 0.6 is 0 Å². The normalized spacial score (nSPS) is 15.2. The molecule has 0 aliphatic carbocycles. The van der Waals surface area contributed by atoms with Crippen LogP contribution in [-0.4, -0.2) is 7.32 Å². The zero-order valence-electron chi connectivity index (χ0n) is 64.9. The zero-order valence-corrected chi connectivity index (χ0v) is 64.9. The maximum absolute atomic E-state index is 17.7. The molecular formula is C78H36BF51O6. The van der Waals surface area contributed by atoms with E-state index in [9.17, 15) is 0 Å². The molecule has 3 unspecified atom stereocenters. The molecule has 9 aromatic carbocycles. The van der Waals surface area contributed by atoms with Gasteiger partial charge in [-0.25, -0.2) is 55.4 Å². The highest BCUT2D eigenvalue weighted by atomic mass is 19.5. The molecule has 6 nitrogen and oxygen atoms in total. The molecule has 136 heavy (non-hydrogen) atoms. The maximum Gasteiger partial charge on any atom is 0.725 e. The van der Waals surface area contributed by atoms with Crippen molar-refractivity contribution in [3.63, 3.8) is 0 Å². The van der Waals surface area contributed by atoms with Gasteiger partial charge in [-0.3, -0.25) is 0 Å². The summed E-state index contributed by atoms with van der Waals surface area (Å²) in [6.07, 6.45) is -99.7. The molecule has 9 rings (SSSR count). The second kappa shape index (κ2) is 35.9. The predicted octanol–water partition coefficient (Wildman–Crippen LogP) is 31.2. The first-order valence-electron chi connectivity index (χ1n) is 35.4. The average molecular weight is 2050 g/mol. The molecule has 0 spiro atoms. The molecule has 0 heterocycles. The third-order valence-corrected chi connectivity index (χ3v) is 19.9. The number of halogens is 51. The van der Waals surface area contributed by atoms with Crippen LogP contribution in [0.5, 0.6) is 0 Å². The van der Waals surface area contributed by atoms with Gasteiger partial charge in [0.05, 0.1) is 66.8 Å². The lowest BCUT2D eigenvalue weighted by atomic mass is 9.72. The summed E-state index contributed by atoms with van der Waals surface area (Å²) < 4.78 is 784. The minimum atomic E-state index is -6.91. The Bertz CT molecular complexity index is 4940. The van der Waals surface area contributed by atoms with E-state index in [4.69, 9.17) is 29.1 Å². The highest BCUT2D eigenvalue weighted by Gasteiger charge is 2.58. The van der Waals surface area contributed by atoms with E-state index >= 15 is 224 Å². The van der Waals surface area contributed by atoms with Crippen molar-refractivity contribution in [2.24, 2.45) is 0 Å².